The van der Waals surface area contributed by atoms with Crippen LogP contribution in [0.5, 0.6) is 17.2 Å². The minimum atomic E-state index is -0.499. The molecule has 7 rings (SSSR count). The van der Waals surface area contributed by atoms with E-state index in [1.807, 2.05) is 41.5 Å². The first-order chi connectivity index (χ1) is 24.3. The van der Waals surface area contributed by atoms with Crippen molar-refractivity contribution in [1.29, 1.82) is 0 Å². The fraction of sp³-hybridized carbons (Fsp3) is 0.538. The van der Waals surface area contributed by atoms with Crippen molar-refractivity contribution in [3.8, 4) is 17.2 Å². The maximum absolute atomic E-state index is 14.3. The van der Waals surface area contributed by atoms with Crippen LogP contribution in [0.1, 0.15) is 75.9 Å². The summed E-state index contributed by atoms with van der Waals surface area (Å²) in [6, 6.07) is 10.3. The van der Waals surface area contributed by atoms with Gasteiger partial charge in [-0.3, -0.25) is 9.69 Å². The molecule has 3 fully saturated rings. The topological polar surface area (TPSA) is 101 Å². The number of rotatable bonds is 10. The van der Waals surface area contributed by atoms with Crippen LogP contribution in [-0.2, 0) is 17.8 Å². The number of amides is 2. The number of carbonyl (C=O) groups is 2. The van der Waals surface area contributed by atoms with Crippen LogP contribution in [0, 0.1) is 17.2 Å². The first-order valence-electron chi connectivity index (χ1n) is 18.1. The molecule has 2 amide bonds. The van der Waals surface area contributed by atoms with Gasteiger partial charge in [0.05, 0.1) is 11.8 Å². The van der Waals surface area contributed by atoms with E-state index in [4.69, 9.17) is 14.2 Å². The summed E-state index contributed by atoms with van der Waals surface area (Å²) in [4.78, 5) is 42.5. The van der Waals surface area contributed by atoms with E-state index in [2.05, 4.69) is 38.0 Å². The van der Waals surface area contributed by atoms with E-state index in [1.54, 1.807) is 16.0 Å². The number of aromatic nitrogens is 2. The fourth-order valence-electron chi connectivity index (χ4n) is 7.96. The summed E-state index contributed by atoms with van der Waals surface area (Å²) in [5.74, 6) is 1.99. The molecule has 0 N–H and O–H groups in total. The van der Waals surface area contributed by atoms with Gasteiger partial charge in [0.2, 0.25) is 0 Å². The molecule has 3 aromatic rings. The maximum Gasteiger partial charge on any atom is 0.410 e. The van der Waals surface area contributed by atoms with Gasteiger partial charge in [-0.2, -0.15) is 0 Å². The number of halogens is 1. The Labute approximate surface area is 299 Å². The van der Waals surface area contributed by atoms with E-state index in [-0.39, 0.29) is 40.9 Å². The molecule has 1 spiro atoms. The van der Waals surface area contributed by atoms with Gasteiger partial charge in [0.1, 0.15) is 35.3 Å². The zero-order valence-electron chi connectivity index (χ0n) is 30.5. The Hall–Kier alpha value is -4.45. The molecule has 4 aliphatic rings. The summed E-state index contributed by atoms with van der Waals surface area (Å²) in [5.41, 5.74) is 2.43. The Bertz CT molecular complexity index is 1780. The second kappa shape index (κ2) is 13.6. The number of hydrogen-bond acceptors (Lipinski definition) is 9. The molecule has 272 valence electrons. The molecule has 2 aromatic carbocycles. The SMILES string of the molecule is CCN(C(=O)c1cc(F)ccc1Oc1cncnc1N1CC2(CC(Oc3cccc4c3CN(CC3CN(C(=O)OC(C)(C)C)C3)C4)C2)C1)C(C)C. The van der Waals surface area contributed by atoms with Crippen LogP contribution in [0.15, 0.2) is 48.9 Å². The largest absolute Gasteiger partial charge is 0.490 e. The van der Waals surface area contributed by atoms with Gasteiger partial charge in [-0.1, -0.05) is 12.1 Å². The molecular formula is C39H49FN6O5. The van der Waals surface area contributed by atoms with Gasteiger partial charge < -0.3 is 28.9 Å². The summed E-state index contributed by atoms with van der Waals surface area (Å²) >= 11 is 0. The molecule has 1 saturated carbocycles. The summed E-state index contributed by atoms with van der Waals surface area (Å²) in [7, 11) is 0. The summed E-state index contributed by atoms with van der Waals surface area (Å²) in [5, 5.41) is 0. The Balaban J connectivity index is 0.924. The van der Waals surface area contributed by atoms with Crippen molar-refractivity contribution in [2.45, 2.75) is 85.2 Å². The average molecular weight is 701 g/mol. The number of carbonyl (C=O) groups excluding carboxylic acids is 2. The number of likely N-dealkylation sites (tertiary alicyclic amines) is 1. The number of anilines is 1. The maximum atomic E-state index is 14.3. The molecular weight excluding hydrogens is 651 g/mol. The van der Waals surface area contributed by atoms with Gasteiger partial charge in [-0.05, 0) is 84.2 Å². The van der Waals surface area contributed by atoms with Crippen molar-refractivity contribution in [3.63, 3.8) is 0 Å². The second-order valence-electron chi connectivity index (χ2n) is 16.0. The van der Waals surface area contributed by atoms with Gasteiger partial charge in [0, 0.05) is 75.3 Å². The molecule has 0 radical (unpaired) electrons. The van der Waals surface area contributed by atoms with Gasteiger partial charge >= 0.3 is 6.09 Å². The van der Waals surface area contributed by atoms with Crippen LogP contribution in [0.2, 0.25) is 0 Å². The first kappa shape index (κ1) is 35.0. The third-order valence-electron chi connectivity index (χ3n) is 10.4. The number of fused-ring (bicyclic) bond motifs is 1. The van der Waals surface area contributed by atoms with Crippen LogP contribution in [0.4, 0.5) is 15.0 Å². The van der Waals surface area contributed by atoms with Gasteiger partial charge in [-0.15, -0.1) is 0 Å². The smallest absolute Gasteiger partial charge is 0.410 e. The highest BCUT2D eigenvalue weighted by Crippen LogP contribution is 2.52. The van der Waals surface area contributed by atoms with Crippen molar-refractivity contribution in [2.75, 3.05) is 44.2 Å². The number of hydrogen-bond donors (Lipinski definition) is 0. The van der Waals surface area contributed by atoms with E-state index in [0.29, 0.717) is 24.0 Å². The van der Waals surface area contributed by atoms with Crippen molar-refractivity contribution in [2.24, 2.45) is 11.3 Å². The molecule has 0 atom stereocenters. The molecule has 3 aliphatic heterocycles. The van der Waals surface area contributed by atoms with Gasteiger partial charge in [0.25, 0.3) is 5.91 Å². The minimum absolute atomic E-state index is 0.0447. The first-order valence-corrected chi connectivity index (χ1v) is 18.1. The third kappa shape index (κ3) is 7.33. The van der Waals surface area contributed by atoms with Gasteiger partial charge in [0.15, 0.2) is 11.6 Å². The van der Waals surface area contributed by atoms with Crippen LogP contribution in [0.3, 0.4) is 0 Å². The minimum Gasteiger partial charge on any atom is -0.490 e. The third-order valence-corrected chi connectivity index (χ3v) is 10.4. The predicted octanol–water partition coefficient (Wildman–Crippen LogP) is 6.51. The molecule has 0 bridgehead atoms. The zero-order chi connectivity index (χ0) is 36.1. The van der Waals surface area contributed by atoms with Gasteiger partial charge in [-0.25, -0.2) is 19.2 Å². The van der Waals surface area contributed by atoms with Crippen molar-refractivity contribution >= 4 is 17.8 Å². The predicted molar refractivity (Wildman–Crippen MR) is 191 cm³/mol. The number of ether oxygens (including phenoxy) is 3. The van der Waals surface area contributed by atoms with E-state index in [1.165, 1.54) is 35.7 Å². The Morgan fingerprint density at radius 2 is 1.82 bits per heavy atom. The molecule has 1 aliphatic carbocycles. The highest BCUT2D eigenvalue weighted by atomic mass is 19.1. The normalized spacial score (nSPS) is 18.6. The summed E-state index contributed by atoms with van der Waals surface area (Å²) in [6.45, 7) is 17.7. The lowest BCUT2D eigenvalue weighted by Crippen LogP contribution is -2.65. The highest BCUT2D eigenvalue weighted by molar-refractivity contribution is 5.97. The fourth-order valence-corrected chi connectivity index (χ4v) is 7.96. The van der Waals surface area contributed by atoms with Crippen LogP contribution in [-0.4, -0.2) is 93.7 Å². The zero-order valence-corrected chi connectivity index (χ0v) is 30.5. The molecule has 4 heterocycles. The second-order valence-corrected chi connectivity index (χ2v) is 16.0. The summed E-state index contributed by atoms with van der Waals surface area (Å²) < 4.78 is 32.7. The molecule has 12 heteroatoms. The Kier molecular flexibility index (Phi) is 9.32. The van der Waals surface area contributed by atoms with Crippen molar-refractivity contribution in [3.05, 3.63) is 71.4 Å². The lowest BCUT2D eigenvalue weighted by Gasteiger charge is -2.59. The van der Waals surface area contributed by atoms with Crippen LogP contribution < -0.4 is 14.4 Å². The van der Waals surface area contributed by atoms with Crippen molar-refractivity contribution < 1.29 is 28.2 Å². The highest BCUT2D eigenvalue weighted by Gasteiger charge is 2.54. The van der Waals surface area contributed by atoms with E-state index >= 15 is 0 Å². The standard InChI is InChI=1S/C39H49FN6O5/c1-7-46(25(2)3)36(47)30-13-28(40)11-12-33(30)50-34-16-41-24-42-35(34)45-22-39(23-45)14-29(15-39)49-32-10-8-9-27-20-43(21-31(27)32)17-26-18-44(19-26)37(48)51-38(4,5)6/h8-13,16,24-26,29H,7,14-15,17-23H2,1-6H3. The monoisotopic (exact) mass is 700 g/mol. The van der Waals surface area contributed by atoms with Crippen LogP contribution in [0.25, 0.3) is 0 Å². The molecule has 2 saturated heterocycles. The lowest BCUT2D eigenvalue weighted by molar-refractivity contribution is -0.0349. The van der Waals surface area contributed by atoms with Crippen molar-refractivity contribution in [1.82, 2.24) is 24.7 Å². The van der Waals surface area contributed by atoms with Crippen LogP contribution >= 0.6 is 0 Å². The van der Waals surface area contributed by atoms with E-state index in [9.17, 15) is 14.0 Å². The van der Waals surface area contributed by atoms with E-state index < -0.39 is 11.4 Å². The number of benzene rings is 2. The Morgan fingerprint density at radius 3 is 2.53 bits per heavy atom. The average Bonchev–Trinajstić information content (AvgIpc) is 3.43. The quantitative estimate of drug-likeness (QED) is 0.234. The molecule has 1 aromatic heterocycles. The molecule has 51 heavy (non-hydrogen) atoms. The lowest BCUT2D eigenvalue weighted by atomic mass is 9.61. The number of nitrogens with zero attached hydrogens (tertiary/aromatic N) is 6. The molecule has 11 nitrogen and oxygen atoms in total. The molecule has 0 unspecified atom stereocenters. The summed E-state index contributed by atoms with van der Waals surface area (Å²) in [6.07, 6.45) is 4.93. The van der Waals surface area contributed by atoms with E-state index in [0.717, 1.165) is 64.4 Å². The Morgan fingerprint density at radius 1 is 1.06 bits per heavy atom.